The normalized spacial score (nSPS) is 13.0. The molecule has 1 aromatic rings. The first kappa shape index (κ1) is 17.5. The third-order valence-electron chi connectivity index (χ3n) is 3.21. The van der Waals surface area contributed by atoms with E-state index in [1.54, 1.807) is 13.0 Å². The van der Waals surface area contributed by atoms with Crippen LogP contribution in [0.25, 0.3) is 0 Å². The number of nitrogens with one attached hydrogen (secondary N) is 2. The van der Waals surface area contributed by atoms with E-state index >= 15 is 0 Å². The number of halogens is 3. The number of carbonyl (C=O) groups excluding carboxylic acids is 1. The van der Waals surface area contributed by atoms with E-state index in [1.165, 1.54) is 12.1 Å². The quantitative estimate of drug-likeness (QED) is 0.760. The average Bonchev–Trinajstić information content (AvgIpc) is 2.42. The Morgan fingerprint density at radius 2 is 1.90 bits per heavy atom. The van der Waals surface area contributed by atoms with Crippen LogP contribution < -0.4 is 10.6 Å². The Hall–Kier alpha value is -1.56. The molecular weight excluding hydrogens is 281 g/mol. The van der Waals surface area contributed by atoms with Crippen molar-refractivity contribution in [2.24, 2.45) is 0 Å². The lowest BCUT2D eigenvalue weighted by Gasteiger charge is -2.18. The molecule has 1 unspecified atom stereocenters. The van der Waals surface area contributed by atoms with Gasteiger partial charge in [0, 0.05) is 13.0 Å². The largest absolute Gasteiger partial charge is 0.416 e. The minimum absolute atomic E-state index is 0.0483. The van der Waals surface area contributed by atoms with E-state index in [2.05, 4.69) is 10.6 Å². The molecule has 0 aliphatic carbocycles. The van der Waals surface area contributed by atoms with Crippen molar-refractivity contribution < 1.29 is 18.0 Å². The Bertz CT molecular complexity index is 460. The molecule has 1 amide bonds. The van der Waals surface area contributed by atoms with E-state index in [1.807, 2.05) is 7.05 Å². The molecule has 6 heteroatoms. The van der Waals surface area contributed by atoms with Gasteiger partial charge in [0.2, 0.25) is 5.91 Å². The zero-order valence-electron chi connectivity index (χ0n) is 12.3. The monoisotopic (exact) mass is 302 g/mol. The third kappa shape index (κ3) is 5.75. The zero-order valence-corrected chi connectivity index (χ0v) is 12.3. The predicted molar refractivity (Wildman–Crippen MR) is 76.0 cm³/mol. The van der Waals surface area contributed by atoms with Gasteiger partial charge in [-0.2, -0.15) is 13.2 Å². The molecule has 0 saturated heterocycles. The number of alkyl halides is 3. The second-order valence-corrected chi connectivity index (χ2v) is 5.00. The summed E-state index contributed by atoms with van der Waals surface area (Å²) in [6.07, 6.45) is -3.56. The van der Waals surface area contributed by atoms with Crippen LogP contribution in [0.4, 0.5) is 13.2 Å². The third-order valence-corrected chi connectivity index (χ3v) is 3.21. The fourth-order valence-electron chi connectivity index (χ4n) is 2.14. The Balaban J connectivity index is 2.64. The molecule has 0 fully saturated rings. The minimum Gasteiger partial charge on any atom is -0.356 e. The summed E-state index contributed by atoms with van der Waals surface area (Å²) in [4.78, 5) is 11.7. The molecule has 0 aromatic heterocycles. The molecule has 21 heavy (non-hydrogen) atoms. The van der Waals surface area contributed by atoms with Gasteiger partial charge in [0.1, 0.15) is 0 Å². The van der Waals surface area contributed by atoms with Crippen LogP contribution in [0.3, 0.4) is 0 Å². The van der Waals surface area contributed by atoms with Crippen LogP contribution in [0.1, 0.15) is 36.8 Å². The lowest BCUT2D eigenvalue weighted by Crippen LogP contribution is -2.27. The van der Waals surface area contributed by atoms with Crippen LogP contribution in [0.15, 0.2) is 24.3 Å². The highest BCUT2D eigenvalue weighted by Crippen LogP contribution is 2.35. The van der Waals surface area contributed by atoms with E-state index in [9.17, 15) is 18.0 Å². The van der Waals surface area contributed by atoms with Crippen molar-refractivity contribution in [3.05, 3.63) is 35.4 Å². The Morgan fingerprint density at radius 1 is 1.24 bits per heavy atom. The fraction of sp³-hybridized carbons (Fsp3) is 0.533. The van der Waals surface area contributed by atoms with Crippen molar-refractivity contribution in [3.8, 4) is 0 Å². The fourth-order valence-corrected chi connectivity index (χ4v) is 2.14. The molecule has 1 rings (SSSR count). The number of amides is 1. The number of carbonyl (C=O) groups is 1. The molecule has 0 aliphatic heterocycles. The van der Waals surface area contributed by atoms with Gasteiger partial charge in [-0.15, -0.1) is 0 Å². The van der Waals surface area contributed by atoms with Crippen molar-refractivity contribution in [2.45, 2.75) is 31.9 Å². The van der Waals surface area contributed by atoms with Crippen molar-refractivity contribution in [1.82, 2.24) is 10.6 Å². The van der Waals surface area contributed by atoms with Crippen LogP contribution in [0.2, 0.25) is 0 Å². The maximum atomic E-state index is 12.9. The molecule has 0 heterocycles. The highest BCUT2D eigenvalue weighted by molar-refractivity contribution is 5.76. The summed E-state index contributed by atoms with van der Waals surface area (Å²) in [5.74, 6) is -0.706. The van der Waals surface area contributed by atoms with Gasteiger partial charge in [-0.05, 0) is 37.6 Å². The van der Waals surface area contributed by atoms with Crippen molar-refractivity contribution in [2.75, 3.05) is 20.1 Å². The number of hydrogen-bond donors (Lipinski definition) is 2. The van der Waals surface area contributed by atoms with E-state index in [0.717, 1.165) is 19.0 Å². The summed E-state index contributed by atoms with van der Waals surface area (Å²) in [6.45, 7) is 2.94. The van der Waals surface area contributed by atoms with E-state index < -0.39 is 17.7 Å². The lowest BCUT2D eigenvalue weighted by atomic mass is 9.92. The molecule has 3 nitrogen and oxygen atoms in total. The van der Waals surface area contributed by atoms with E-state index in [0.29, 0.717) is 6.54 Å². The van der Waals surface area contributed by atoms with Gasteiger partial charge in [0.05, 0.1) is 5.56 Å². The molecule has 0 bridgehead atoms. The molecule has 0 spiro atoms. The first-order valence-electron chi connectivity index (χ1n) is 6.93. The molecular formula is C15H21F3N2O. The van der Waals surface area contributed by atoms with Gasteiger partial charge in [-0.25, -0.2) is 0 Å². The molecule has 0 saturated carbocycles. The standard InChI is InChI=1S/C15H21F3N2O/c1-11(10-14(21)20-9-5-8-19-2)12-6-3-4-7-13(12)15(16,17)18/h3-4,6-7,11,19H,5,8-10H2,1-2H3,(H,20,21). The molecule has 2 N–H and O–H groups in total. The lowest BCUT2D eigenvalue weighted by molar-refractivity contribution is -0.138. The molecule has 0 aliphatic rings. The summed E-state index contributed by atoms with van der Waals surface area (Å²) >= 11 is 0. The van der Waals surface area contributed by atoms with Gasteiger partial charge in [-0.3, -0.25) is 4.79 Å². The second-order valence-electron chi connectivity index (χ2n) is 5.00. The van der Waals surface area contributed by atoms with Crippen molar-refractivity contribution >= 4 is 5.91 Å². The highest BCUT2D eigenvalue weighted by Gasteiger charge is 2.34. The summed E-state index contributed by atoms with van der Waals surface area (Å²) in [6, 6.07) is 5.40. The van der Waals surface area contributed by atoms with Gasteiger partial charge >= 0.3 is 6.18 Å². The van der Waals surface area contributed by atoms with Crippen LogP contribution in [-0.2, 0) is 11.0 Å². The summed E-state index contributed by atoms with van der Waals surface area (Å²) < 4.78 is 38.8. The number of hydrogen-bond acceptors (Lipinski definition) is 2. The SMILES string of the molecule is CNCCCNC(=O)CC(C)c1ccccc1C(F)(F)F. The van der Waals surface area contributed by atoms with Gasteiger partial charge in [0.15, 0.2) is 0 Å². The molecule has 118 valence electrons. The topological polar surface area (TPSA) is 41.1 Å². The first-order chi connectivity index (χ1) is 9.86. The van der Waals surface area contributed by atoms with Crippen LogP contribution in [-0.4, -0.2) is 26.0 Å². The number of rotatable bonds is 7. The molecule has 0 radical (unpaired) electrons. The second kappa shape index (κ2) is 8.02. The van der Waals surface area contributed by atoms with E-state index in [4.69, 9.17) is 0 Å². The maximum absolute atomic E-state index is 12.9. The highest BCUT2D eigenvalue weighted by atomic mass is 19.4. The Morgan fingerprint density at radius 3 is 2.52 bits per heavy atom. The van der Waals surface area contributed by atoms with Gasteiger partial charge < -0.3 is 10.6 Å². The summed E-state index contributed by atoms with van der Waals surface area (Å²) in [7, 11) is 1.82. The smallest absolute Gasteiger partial charge is 0.356 e. The average molecular weight is 302 g/mol. The Kier molecular flexibility index (Phi) is 6.68. The predicted octanol–water partition coefficient (Wildman–Crippen LogP) is 2.92. The first-order valence-corrected chi connectivity index (χ1v) is 6.93. The number of benzene rings is 1. The van der Waals surface area contributed by atoms with Gasteiger partial charge in [-0.1, -0.05) is 25.1 Å². The van der Waals surface area contributed by atoms with Crippen molar-refractivity contribution in [3.63, 3.8) is 0 Å². The zero-order chi connectivity index (χ0) is 15.9. The van der Waals surface area contributed by atoms with Crippen LogP contribution >= 0.6 is 0 Å². The molecule has 1 atom stereocenters. The Labute approximate surface area is 122 Å². The van der Waals surface area contributed by atoms with E-state index in [-0.39, 0.29) is 17.9 Å². The minimum atomic E-state index is -4.39. The summed E-state index contributed by atoms with van der Waals surface area (Å²) in [5.41, 5.74) is -0.504. The van der Waals surface area contributed by atoms with Crippen molar-refractivity contribution in [1.29, 1.82) is 0 Å². The summed E-state index contributed by atoms with van der Waals surface area (Å²) in [5, 5.41) is 5.67. The maximum Gasteiger partial charge on any atom is 0.416 e. The van der Waals surface area contributed by atoms with Gasteiger partial charge in [0.25, 0.3) is 0 Å². The van der Waals surface area contributed by atoms with Crippen LogP contribution in [0, 0.1) is 0 Å². The molecule has 1 aromatic carbocycles. The van der Waals surface area contributed by atoms with Crippen LogP contribution in [0.5, 0.6) is 0 Å².